The van der Waals surface area contributed by atoms with Crippen molar-refractivity contribution in [2.75, 3.05) is 26.2 Å². The highest BCUT2D eigenvalue weighted by atomic mass is 16.2. The van der Waals surface area contributed by atoms with Gasteiger partial charge in [-0.2, -0.15) is 0 Å². The fourth-order valence-electron chi connectivity index (χ4n) is 3.13. The minimum Gasteiger partial charge on any atom is -0.333 e. The topological polar surface area (TPSA) is 52.7 Å². The molecule has 0 aromatic heterocycles. The summed E-state index contributed by atoms with van der Waals surface area (Å²) in [5.41, 5.74) is 0. The number of hydrogen-bond donors (Lipinski definition) is 1. The highest BCUT2D eigenvalue weighted by Crippen LogP contribution is 2.26. The Labute approximate surface area is 115 Å². The summed E-state index contributed by atoms with van der Waals surface area (Å²) < 4.78 is 0. The van der Waals surface area contributed by atoms with Crippen LogP contribution < -0.4 is 5.32 Å². The van der Waals surface area contributed by atoms with Crippen LogP contribution in [0.15, 0.2) is 0 Å². The zero-order valence-electron chi connectivity index (χ0n) is 12.0. The zero-order valence-corrected chi connectivity index (χ0v) is 12.0. The van der Waals surface area contributed by atoms with Gasteiger partial charge in [-0.3, -0.25) is 9.59 Å². The first kappa shape index (κ1) is 14.3. The van der Waals surface area contributed by atoms with Gasteiger partial charge in [0.15, 0.2) is 0 Å². The number of hydrogen-bond acceptors (Lipinski definition) is 3. The molecule has 2 amide bonds. The van der Waals surface area contributed by atoms with Gasteiger partial charge in [-0.15, -0.1) is 0 Å². The van der Waals surface area contributed by atoms with E-state index in [1.54, 1.807) is 4.90 Å². The maximum absolute atomic E-state index is 12.5. The lowest BCUT2D eigenvalue weighted by atomic mass is 10.1. The molecular weight excluding hydrogens is 242 g/mol. The van der Waals surface area contributed by atoms with Crippen molar-refractivity contribution in [1.29, 1.82) is 0 Å². The van der Waals surface area contributed by atoms with Crippen LogP contribution in [0.4, 0.5) is 0 Å². The van der Waals surface area contributed by atoms with Crippen LogP contribution >= 0.6 is 0 Å². The Morgan fingerprint density at radius 1 is 1.16 bits per heavy atom. The first-order chi connectivity index (χ1) is 9.15. The second kappa shape index (κ2) is 6.37. The lowest BCUT2D eigenvalue weighted by molar-refractivity contribution is -0.153. The average molecular weight is 267 g/mol. The number of carbonyl (C=O) groups is 2. The van der Waals surface area contributed by atoms with Crippen LogP contribution in [0, 0.1) is 0 Å². The van der Waals surface area contributed by atoms with Crippen LogP contribution in [-0.2, 0) is 9.59 Å². The molecule has 2 aliphatic rings. The van der Waals surface area contributed by atoms with E-state index < -0.39 is 0 Å². The molecule has 0 radical (unpaired) electrons. The minimum atomic E-state index is -0.309. The van der Waals surface area contributed by atoms with Gasteiger partial charge in [-0.1, -0.05) is 6.92 Å². The van der Waals surface area contributed by atoms with Gasteiger partial charge < -0.3 is 15.1 Å². The molecule has 0 aromatic carbocycles. The Morgan fingerprint density at radius 3 is 2.68 bits per heavy atom. The van der Waals surface area contributed by atoms with E-state index in [4.69, 9.17) is 0 Å². The third kappa shape index (κ3) is 3.08. The largest absolute Gasteiger partial charge is 0.333 e. The van der Waals surface area contributed by atoms with Crippen molar-refractivity contribution in [3.8, 4) is 0 Å². The lowest BCUT2D eigenvalue weighted by Crippen LogP contribution is -2.50. The molecule has 2 atom stereocenters. The molecule has 5 nitrogen and oxygen atoms in total. The quantitative estimate of drug-likeness (QED) is 0.708. The van der Waals surface area contributed by atoms with E-state index in [0.717, 1.165) is 38.8 Å². The second-order valence-corrected chi connectivity index (χ2v) is 5.60. The molecule has 0 aromatic rings. The van der Waals surface area contributed by atoms with E-state index in [-0.39, 0.29) is 23.9 Å². The fraction of sp³-hybridized carbons (Fsp3) is 0.857. The van der Waals surface area contributed by atoms with Gasteiger partial charge in [-0.25, -0.2) is 0 Å². The SMILES string of the molecule is CCC1CCC(C)N1C(=O)C(=O)N1CCCNCC1. The number of likely N-dealkylation sites (tertiary alicyclic amines) is 1. The van der Waals surface area contributed by atoms with Gasteiger partial charge in [0.2, 0.25) is 0 Å². The molecule has 0 bridgehead atoms. The Kier molecular flexibility index (Phi) is 4.80. The lowest BCUT2D eigenvalue weighted by Gasteiger charge is -2.30. The van der Waals surface area contributed by atoms with Crippen LogP contribution in [0.25, 0.3) is 0 Å². The molecule has 0 aliphatic carbocycles. The average Bonchev–Trinajstić information content (AvgIpc) is 2.64. The Balaban J connectivity index is 2.03. The van der Waals surface area contributed by atoms with Crippen molar-refractivity contribution in [1.82, 2.24) is 15.1 Å². The summed E-state index contributed by atoms with van der Waals surface area (Å²) in [6, 6.07) is 0.447. The number of rotatable bonds is 1. The maximum atomic E-state index is 12.5. The molecule has 2 heterocycles. The third-order valence-electron chi connectivity index (χ3n) is 4.30. The number of nitrogens with zero attached hydrogens (tertiary/aromatic N) is 2. The summed E-state index contributed by atoms with van der Waals surface area (Å²) in [5.74, 6) is -0.602. The molecule has 2 saturated heterocycles. The summed E-state index contributed by atoms with van der Waals surface area (Å²) in [6.07, 6.45) is 3.90. The normalized spacial score (nSPS) is 28.3. The first-order valence-corrected chi connectivity index (χ1v) is 7.47. The smallest absolute Gasteiger partial charge is 0.312 e. The highest BCUT2D eigenvalue weighted by molar-refractivity contribution is 6.35. The Bertz CT molecular complexity index is 338. The molecule has 1 N–H and O–H groups in total. The summed E-state index contributed by atoms with van der Waals surface area (Å²) in [4.78, 5) is 28.3. The molecule has 19 heavy (non-hydrogen) atoms. The van der Waals surface area contributed by atoms with E-state index in [1.807, 2.05) is 11.8 Å². The van der Waals surface area contributed by atoms with Crippen molar-refractivity contribution in [2.24, 2.45) is 0 Å². The van der Waals surface area contributed by atoms with Gasteiger partial charge >= 0.3 is 11.8 Å². The summed E-state index contributed by atoms with van der Waals surface area (Å²) in [5, 5.41) is 3.25. The molecular formula is C14H25N3O2. The molecule has 2 unspecified atom stereocenters. The van der Waals surface area contributed by atoms with Crippen molar-refractivity contribution >= 4 is 11.8 Å². The number of amides is 2. The Morgan fingerprint density at radius 2 is 1.95 bits per heavy atom. The van der Waals surface area contributed by atoms with E-state index in [0.29, 0.717) is 13.1 Å². The maximum Gasteiger partial charge on any atom is 0.312 e. The third-order valence-corrected chi connectivity index (χ3v) is 4.30. The van der Waals surface area contributed by atoms with Crippen LogP contribution in [0.3, 0.4) is 0 Å². The molecule has 0 saturated carbocycles. The van der Waals surface area contributed by atoms with Gasteiger partial charge in [0.1, 0.15) is 0 Å². The predicted octanol–water partition coefficient (Wildman–Crippen LogP) is 0.598. The van der Waals surface area contributed by atoms with E-state index >= 15 is 0 Å². The summed E-state index contributed by atoms with van der Waals surface area (Å²) >= 11 is 0. The monoisotopic (exact) mass is 267 g/mol. The second-order valence-electron chi connectivity index (χ2n) is 5.60. The van der Waals surface area contributed by atoms with E-state index in [2.05, 4.69) is 12.2 Å². The molecule has 2 rings (SSSR count). The van der Waals surface area contributed by atoms with E-state index in [9.17, 15) is 9.59 Å². The predicted molar refractivity (Wildman–Crippen MR) is 73.7 cm³/mol. The summed E-state index contributed by atoms with van der Waals surface area (Å²) in [7, 11) is 0. The highest BCUT2D eigenvalue weighted by Gasteiger charge is 2.37. The standard InChI is InChI=1S/C14H25N3O2/c1-3-12-6-5-11(2)17(12)14(19)13(18)16-9-4-7-15-8-10-16/h11-12,15H,3-10H2,1-2H3. The fourth-order valence-corrected chi connectivity index (χ4v) is 3.13. The van der Waals surface area contributed by atoms with Crippen molar-refractivity contribution < 1.29 is 9.59 Å². The van der Waals surface area contributed by atoms with Crippen LogP contribution in [0.2, 0.25) is 0 Å². The van der Waals surface area contributed by atoms with Gasteiger partial charge in [-0.05, 0) is 39.2 Å². The summed E-state index contributed by atoms with van der Waals surface area (Å²) in [6.45, 7) is 7.18. The number of nitrogens with one attached hydrogen (secondary N) is 1. The van der Waals surface area contributed by atoms with E-state index in [1.165, 1.54) is 0 Å². The molecule has 2 fully saturated rings. The van der Waals surface area contributed by atoms with Crippen LogP contribution in [-0.4, -0.2) is 59.9 Å². The van der Waals surface area contributed by atoms with Crippen molar-refractivity contribution in [2.45, 2.75) is 51.6 Å². The van der Waals surface area contributed by atoms with Crippen LogP contribution in [0.5, 0.6) is 0 Å². The van der Waals surface area contributed by atoms with Gasteiger partial charge in [0.25, 0.3) is 0 Å². The molecule has 0 spiro atoms. The van der Waals surface area contributed by atoms with Crippen molar-refractivity contribution in [3.05, 3.63) is 0 Å². The number of carbonyl (C=O) groups excluding carboxylic acids is 2. The Hall–Kier alpha value is -1.10. The molecule has 108 valence electrons. The first-order valence-electron chi connectivity index (χ1n) is 7.47. The van der Waals surface area contributed by atoms with Crippen LogP contribution in [0.1, 0.15) is 39.5 Å². The molecule has 2 aliphatic heterocycles. The zero-order chi connectivity index (χ0) is 13.8. The minimum absolute atomic E-state index is 0.200. The van der Waals surface area contributed by atoms with Gasteiger partial charge in [0.05, 0.1) is 0 Å². The van der Waals surface area contributed by atoms with Crippen molar-refractivity contribution in [3.63, 3.8) is 0 Å². The van der Waals surface area contributed by atoms with Gasteiger partial charge in [0, 0.05) is 31.7 Å². The molecule has 5 heteroatoms.